The van der Waals surface area contributed by atoms with Crippen LogP contribution in [-0.2, 0) is 20.8 Å². The van der Waals surface area contributed by atoms with E-state index in [-0.39, 0.29) is 30.6 Å². The Hall–Kier alpha value is -4.08. The van der Waals surface area contributed by atoms with Gasteiger partial charge in [-0.15, -0.1) is 0 Å². The Balaban J connectivity index is 1.10. The highest BCUT2D eigenvalue weighted by atomic mass is 16.2. The van der Waals surface area contributed by atoms with E-state index in [0.29, 0.717) is 29.2 Å². The van der Waals surface area contributed by atoms with Crippen LogP contribution in [0.4, 0.5) is 5.82 Å². The summed E-state index contributed by atoms with van der Waals surface area (Å²) >= 11 is 0. The molecule has 10 heteroatoms. The van der Waals surface area contributed by atoms with Crippen molar-refractivity contribution in [1.82, 2.24) is 25.0 Å². The van der Waals surface area contributed by atoms with Gasteiger partial charge in [0.15, 0.2) is 0 Å². The molecule has 5 heterocycles. The Labute approximate surface area is 233 Å². The maximum atomic E-state index is 13.5. The van der Waals surface area contributed by atoms with Crippen LogP contribution in [0.2, 0.25) is 0 Å². The van der Waals surface area contributed by atoms with Gasteiger partial charge in [-0.05, 0) is 60.6 Å². The van der Waals surface area contributed by atoms with Crippen LogP contribution in [0.5, 0.6) is 0 Å². The summed E-state index contributed by atoms with van der Waals surface area (Å²) in [5.41, 5.74) is 2.33. The number of nitrogens with zero attached hydrogens (tertiary/aromatic N) is 5. The van der Waals surface area contributed by atoms with Crippen LogP contribution < -0.4 is 10.2 Å². The molecule has 1 aromatic carbocycles. The van der Waals surface area contributed by atoms with E-state index in [4.69, 9.17) is 1.37 Å². The molecule has 0 bridgehead atoms. The summed E-state index contributed by atoms with van der Waals surface area (Å²) in [6.07, 6.45) is 9.98. The van der Waals surface area contributed by atoms with Crippen LogP contribution in [0.15, 0.2) is 36.8 Å². The number of likely N-dealkylation sites (tertiary alicyclic amines) is 1. The number of hydrogen-bond acceptors (Lipinski definition) is 6. The molecule has 1 N–H and O–H groups in total. The summed E-state index contributed by atoms with van der Waals surface area (Å²) in [7, 11) is 0. The molecule has 3 atom stereocenters. The van der Waals surface area contributed by atoms with Crippen molar-refractivity contribution < 1.29 is 20.5 Å². The predicted octanol–water partition coefficient (Wildman–Crippen LogP) is 3.00. The van der Waals surface area contributed by atoms with E-state index in [1.807, 2.05) is 21.8 Å². The van der Waals surface area contributed by atoms with Gasteiger partial charge in [-0.2, -0.15) is 5.10 Å². The van der Waals surface area contributed by atoms with Gasteiger partial charge in [-0.3, -0.25) is 34.1 Å². The lowest BCUT2D eigenvalue weighted by atomic mass is 9.74. The van der Waals surface area contributed by atoms with Crippen molar-refractivity contribution in [3.8, 4) is 0 Å². The van der Waals surface area contributed by atoms with Crippen LogP contribution in [0.1, 0.15) is 74.3 Å². The molecule has 4 aliphatic rings. The monoisotopic (exact) mass is 541 g/mol. The van der Waals surface area contributed by atoms with Crippen LogP contribution in [0.3, 0.4) is 0 Å². The Morgan fingerprint density at radius 2 is 1.93 bits per heavy atom. The first-order chi connectivity index (χ1) is 19.7. The zero-order valence-electron chi connectivity index (χ0n) is 23.4. The van der Waals surface area contributed by atoms with Crippen LogP contribution in [0, 0.1) is 11.8 Å². The van der Waals surface area contributed by atoms with Crippen LogP contribution in [0.25, 0.3) is 10.8 Å². The minimum Gasteiger partial charge on any atom is -0.342 e. The molecular formula is C30H32N6O4. The van der Waals surface area contributed by atoms with Crippen molar-refractivity contribution >= 4 is 40.2 Å². The Bertz CT molecular complexity index is 1610. The second-order valence-corrected chi connectivity index (χ2v) is 11.5. The molecule has 3 fully saturated rings. The van der Waals surface area contributed by atoms with Gasteiger partial charge in [0, 0.05) is 49.6 Å². The van der Waals surface area contributed by atoms with Gasteiger partial charge in [-0.25, -0.2) is 4.98 Å². The smallest absolute Gasteiger partial charge is 0.260 e. The van der Waals surface area contributed by atoms with E-state index in [2.05, 4.69) is 28.5 Å². The normalized spacial score (nSPS) is 27.1. The molecule has 206 valence electrons. The van der Waals surface area contributed by atoms with Gasteiger partial charge in [-0.1, -0.05) is 19.1 Å². The van der Waals surface area contributed by atoms with Crippen LogP contribution in [-0.4, -0.2) is 62.4 Å². The van der Waals surface area contributed by atoms with Gasteiger partial charge in [0.05, 0.1) is 19.2 Å². The predicted molar refractivity (Wildman–Crippen MR) is 146 cm³/mol. The Morgan fingerprint density at radius 1 is 1.10 bits per heavy atom. The summed E-state index contributed by atoms with van der Waals surface area (Å²) in [6.45, 7) is 3.68. The molecule has 3 aromatic rings. The summed E-state index contributed by atoms with van der Waals surface area (Å²) in [6, 6.07) is 3.72. The molecule has 2 saturated heterocycles. The summed E-state index contributed by atoms with van der Waals surface area (Å²) in [4.78, 5) is 58.4. The molecule has 7 rings (SSSR count). The molecular weight excluding hydrogens is 508 g/mol. The molecule has 0 spiro atoms. The molecule has 40 heavy (non-hydrogen) atoms. The lowest BCUT2D eigenvalue weighted by Crippen LogP contribution is -2.53. The van der Waals surface area contributed by atoms with Gasteiger partial charge in [0.25, 0.3) is 5.91 Å². The zero-order valence-corrected chi connectivity index (χ0v) is 22.4. The average molecular weight is 542 g/mol. The fourth-order valence-corrected chi connectivity index (χ4v) is 6.62. The van der Waals surface area contributed by atoms with E-state index < -0.39 is 23.7 Å². The maximum absolute atomic E-state index is 13.5. The SMILES string of the molecule is [2H][C@]1(N2C(=O)c3cccc4c(Cc5cnn(C6CCN(C(=O)C7CCC7C)CC6)c5)cnc2c34)CCC(=O)NC1=O. The highest BCUT2D eigenvalue weighted by Crippen LogP contribution is 2.40. The van der Waals surface area contributed by atoms with Gasteiger partial charge in [0.2, 0.25) is 17.7 Å². The van der Waals surface area contributed by atoms with Gasteiger partial charge in [0.1, 0.15) is 11.8 Å². The molecule has 1 aliphatic carbocycles. The van der Waals surface area contributed by atoms with E-state index in [0.717, 1.165) is 60.2 Å². The molecule has 1 saturated carbocycles. The maximum Gasteiger partial charge on any atom is 0.260 e. The summed E-state index contributed by atoms with van der Waals surface area (Å²) in [5, 5.41) is 8.31. The van der Waals surface area contributed by atoms with Gasteiger partial charge < -0.3 is 4.90 Å². The number of rotatable bonds is 5. The number of aromatic nitrogens is 3. The first-order valence-corrected chi connectivity index (χ1v) is 14.2. The number of imide groups is 1. The topological polar surface area (TPSA) is 118 Å². The van der Waals surface area contributed by atoms with Crippen molar-refractivity contribution in [3.63, 3.8) is 0 Å². The third kappa shape index (κ3) is 4.00. The number of hydrogen-bond donors (Lipinski definition) is 1. The van der Waals surface area contributed by atoms with E-state index in [9.17, 15) is 19.2 Å². The van der Waals surface area contributed by atoms with Crippen molar-refractivity contribution in [2.75, 3.05) is 18.0 Å². The molecule has 2 aromatic heterocycles. The lowest BCUT2D eigenvalue weighted by Gasteiger charge is -2.39. The van der Waals surface area contributed by atoms with E-state index >= 15 is 0 Å². The third-order valence-electron chi connectivity index (χ3n) is 9.13. The Kier molecular flexibility index (Phi) is 5.67. The first-order valence-electron chi connectivity index (χ1n) is 14.7. The van der Waals surface area contributed by atoms with E-state index in [1.165, 1.54) is 0 Å². The fourth-order valence-electron chi connectivity index (χ4n) is 6.62. The average Bonchev–Trinajstić information content (AvgIpc) is 3.55. The third-order valence-corrected chi connectivity index (χ3v) is 9.13. The highest BCUT2D eigenvalue weighted by Gasteiger charge is 2.42. The largest absolute Gasteiger partial charge is 0.342 e. The molecule has 2 unspecified atom stereocenters. The summed E-state index contributed by atoms with van der Waals surface area (Å²) < 4.78 is 10.9. The van der Waals surface area contributed by atoms with Crippen molar-refractivity contribution in [2.24, 2.45) is 11.8 Å². The number of benzene rings is 1. The molecule has 0 radical (unpaired) electrons. The minimum absolute atomic E-state index is 0.0182. The zero-order chi connectivity index (χ0) is 28.5. The second kappa shape index (κ2) is 9.53. The number of anilines is 1. The molecule has 3 aliphatic heterocycles. The number of nitrogens with one attached hydrogen (secondary N) is 1. The number of carbonyl (C=O) groups is 4. The minimum atomic E-state index is -1.94. The summed E-state index contributed by atoms with van der Waals surface area (Å²) in [5.74, 6) is -0.425. The number of pyridine rings is 1. The van der Waals surface area contributed by atoms with Crippen LogP contribution >= 0.6 is 0 Å². The van der Waals surface area contributed by atoms with Crippen molar-refractivity contribution in [3.05, 3.63) is 53.5 Å². The molecule has 10 nitrogen and oxygen atoms in total. The lowest BCUT2D eigenvalue weighted by molar-refractivity contribution is -0.142. The first kappa shape index (κ1) is 23.8. The van der Waals surface area contributed by atoms with Crippen molar-refractivity contribution in [2.45, 2.75) is 63.9 Å². The fraction of sp³-hybridized carbons (Fsp3) is 0.467. The van der Waals surface area contributed by atoms with E-state index in [1.54, 1.807) is 18.3 Å². The quantitative estimate of drug-likeness (QED) is 0.497. The standard InChI is InChI=1S/C30H32N6O4/c1-17-5-6-21(17)29(39)34-11-9-20(10-12-34)35-16-18(14-32-35)13-19-15-31-27-26-22(19)3-2-4-23(26)30(40)36(27)24-7-8-25(37)33-28(24)38/h2-4,14-17,20-21,24H,5-13H2,1H3,(H,33,37,38)/t17?,21?,24-/m0/s1/i24D. The van der Waals surface area contributed by atoms with Crippen molar-refractivity contribution in [1.29, 1.82) is 0 Å². The number of carbonyl (C=O) groups excluding carboxylic acids is 4. The number of amides is 4. The second-order valence-electron chi connectivity index (χ2n) is 11.5. The Morgan fingerprint density at radius 3 is 2.65 bits per heavy atom. The highest BCUT2D eigenvalue weighted by molar-refractivity contribution is 6.26. The van der Waals surface area contributed by atoms with Gasteiger partial charge >= 0.3 is 0 Å². The number of piperidine rings is 2. The molecule has 4 amide bonds.